The zero-order chi connectivity index (χ0) is 17.6. The van der Waals surface area contributed by atoms with Crippen LogP contribution in [0.3, 0.4) is 0 Å². The van der Waals surface area contributed by atoms with Gasteiger partial charge in [-0.1, -0.05) is 53.5 Å². The van der Waals surface area contributed by atoms with Crippen LogP contribution in [0.25, 0.3) is 0 Å². The quantitative estimate of drug-likeness (QED) is 0.699. The summed E-state index contributed by atoms with van der Waals surface area (Å²) in [4.78, 5) is 12.5. The van der Waals surface area contributed by atoms with Crippen LogP contribution in [0.15, 0.2) is 48.5 Å². The van der Waals surface area contributed by atoms with Crippen molar-refractivity contribution in [1.29, 1.82) is 0 Å². The summed E-state index contributed by atoms with van der Waals surface area (Å²) in [6.45, 7) is 2.07. The molecule has 140 valence electrons. The lowest BCUT2D eigenvalue weighted by Gasteiger charge is -2.21. The van der Waals surface area contributed by atoms with Gasteiger partial charge in [0.05, 0.1) is 6.04 Å². The molecule has 6 heteroatoms. The van der Waals surface area contributed by atoms with Crippen LogP contribution in [0, 0.1) is 5.92 Å². The molecule has 0 aliphatic carbocycles. The van der Waals surface area contributed by atoms with E-state index in [-0.39, 0.29) is 24.4 Å². The zero-order valence-electron chi connectivity index (χ0n) is 14.4. The predicted octanol–water partition coefficient (Wildman–Crippen LogP) is 5.01. The molecule has 1 heterocycles. The topological polar surface area (TPSA) is 41.1 Å². The molecule has 3 rings (SSSR count). The molecule has 0 radical (unpaired) electrons. The first-order chi connectivity index (χ1) is 12.1. The summed E-state index contributed by atoms with van der Waals surface area (Å²) in [7, 11) is 0. The van der Waals surface area contributed by atoms with Crippen molar-refractivity contribution >= 4 is 41.5 Å². The lowest BCUT2D eigenvalue weighted by Crippen LogP contribution is -2.29. The summed E-state index contributed by atoms with van der Waals surface area (Å²) in [6, 6.07) is 14.8. The van der Waals surface area contributed by atoms with Gasteiger partial charge in [0.2, 0.25) is 5.91 Å². The van der Waals surface area contributed by atoms with Crippen LogP contribution in [0.4, 0.5) is 0 Å². The summed E-state index contributed by atoms with van der Waals surface area (Å²) in [6.07, 6.45) is 2.59. The Bertz CT molecular complexity index is 715. The summed E-state index contributed by atoms with van der Waals surface area (Å²) in [5, 5.41) is 7.80. The SMILES string of the molecule is Cl.O=C(CCC1CCNC1)NC(c1ccc(Cl)cc1)c1ccccc1Cl. The lowest BCUT2D eigenvalue weighted by molar-refractivity contribution is -0.121. The summed E-state index contributed by atoms with van der Waals surface area (Å²) in [5.74, 6) is 0.645. The van der Waals surface area contributed by atoms with Gasteiger partial charge in [0.15, 0.2) is 0 Å². The molecule has 3 nitrogen and oxygen atoms in total. The summed E-state index contributed by atoms with van der Waals surface area (Å²) < 4.78 is 0. The third-order valence-corrected chi connectivity index (χ3v) is 5.26. The minimum atomic E-state index is -0.278. The minimum Gasteiger partial charge on any atom is -0.345 e. The molecule has 1 aliphatic heterocycles. The van der Waals surface area contributed by atoms with Gasteiger partial charge in [0.25, 0.3) is 0 Å². The van der Waals surface area contributed by atoms with Gasteiger partial charge in [-0.25, -0.2) is 0 Å². The summed E-state index contributed by atoms with van der Waals surface area (Å²) in [5.41, 5.74) is 1.86. The van der Waals surface area contributed by atoms with Crippen molar-refractivity contribution in [2.75, 3.05) is 13.1 Å². The van der Waals surface area contributed by atoms with E-state index < -0.39 is 0 Å². The predicted molar refractivity (Wildman–Crippen MR) is 110 cm³/mol. The van der Waals surface area contributed by atoms with Gasteiger partial charge in [-0.15, -0.1) is 12.4 Å². The second-order valence-corrected chi connectivity index (χ2v) is 7.31. The monoisotopic (exact) mass is 412 g/mol. The van der Waals surface area contributed by atoms with Crippen molar-refractivity contribution in [2.24, 2.45) is 5.92 Å². The fourth-order valence-corrected chi connectivity index (χ4v) is 3.61. The molecule has 1 saturated heterocycles. The van der Waals surface area contributed by atoms with Crippen LogP contribution in [-0.4, -0.2) is 19.0 Å². The number of halogens is 3. The molecule has 0 aromatic heterocycles. The molecule has 1 fully saturated rings. The molecule has 2 aromatic carbocycles. The second kappa shape index (κ2) is 10.2. The Hall–Kier alpha value is -1.26. The van der Waals surface area contributed by atoms with Crippen LogP contribution in [0.2, 0.25) is 10.0 Å². The van der Waals surface area contributed by atoms with E-state index in [2.05, 4.69) is 10.6 Å². The van der Waals surface area contributed by atoms with Gasteiger partial charge in [-0.3, -0.25) is 4.79 Å². The van der Waals surface area contributed by atoms with E-state index in [0.29, 0.717) is 22.4 Å². The number of nitrogens with one attached hydrogen (secondary N) is 2. The zero-order valence-corrected chi connectivity index (χ0v) is 16.7. The molecule has 2 N–H and O–H groups in total. The first kappa shape index (κ1) is 21.0. The van der Waals surface area contributed by atoms with E-state index in [1.54, 1.807) is 0 Å². The number of hydrogen-bond donors (Lipinski definition) is 2. The highest BCUT2D eigenvalue weighted by molar-refractivity contribution is 6.31. The van der Waals surface area contributed by atoms with Gasteiger partial charge in [-0.05, 0) is 61.2 Å². The molecule has 1 aliphatic rings. The number of amides is 1. The van der Waals surface area contributed by atoms with Crippen molar-refractivity contribution in [3.05, 3.63) is 69.7 Å². The number of benzene rings is 2. The molecule has 2 atom stereocenters. The molecule has 0 bridgehead atoms. The van der Waals surface area contributed by atoms with Crippen LogP contribution in [0.1, 0.15) is 36.4 Å². The lowest BCUT2D eigenvalue weighted by atomic mass is 9.97. The van der Waals surface area contributed by atoms with Gasteiger partial charge in [0, 0.05) is 16.5 Å². The maximum atomic E-state index is 12.5. The van der Waals surface area contributed by atoms with Crippen molar-refractivity contribution < 1.29 is 4.79 Å². The first-order valence-electron chi connectivity index (χ1n) is 8.63. The van der Waals surface area contributed by atoms with Crippen LogP contribution in [-0.2, 0) is 4.79 Å². The Kier molecular flexibility index (Phi) is 8.23. The highest BCUT2D eigenvalue weighted by Crippen LogP contribution is 2.29. The number of rotatable bonds is 6. The molecular weight excluding hydrogens is 391 g/mol. The van der Waals surface area contributed by atoms with Crippen LogP contribution >= 0.6 is 35.6 Å². The van der Waals surface area contributed by atoms with Gasteiger partial charge in [0.1, 0.15) is 0 Å². The molecule has 1 amide bonds. The van der Waals surface area contributed by atoms with E-state index >= 15 is 0 Å². The normalized spacial score (nSPS) is 17.4. The Labute approximate surface area is 170 Å². The average molecular weight is 414 g/mol. The number of carbonyl (C=O) groups is 1. The maximum absolute atomic E-state index is 12.5. The van der Waals surface area contributed by atoms with E-state index in [4.69, 9.17) is 23.2 Å². The molecule has 2 unspecified atom stereocenters. The van der Waals surface area contributed by atoms with Gasteiger partial charge >= 0.3 is 0 Å². The molecule has 0 saturated carbocycles. The third kappa shape index (κ3) is 5.62. The Morgan fingerprint density at radius 3 is 2.54 bits per heavy atom. The average Bonchev–Trinajstić information content (AvgIpc) is 3.13. The largest absolute Gasteiger partial charge is 0.345 e. The fourth-order valence-electron chi connectivity index (χ4n) is 3.23. The van der Waals surface area contributed by atoms with Crippen molar-refractivity contribution in [2.45, 2.75) is 25.3 Å². The first-order valence-corrected chi connectivity index (χ1v) is 9.39. The van der Waals surface area contributed by atoms with E-state index in [9.17, 15) is 4.79 Å². The number of hydrogen-bond acceptors (Lipinski definition) is 2. The molecule has 0 spiro atoms. The molecular formula is C20H23Cl3N2O. The van der Waals surface area contributed by atoms with E-state index in [1.165, 1.54) is 0 Å². The van der Waals surface area contributed by atoms with Crippen LogP contribution in [0.5, 0.6) is 0 Å². The molecule has 26 heavy (non-hydrogen) atoms. The highest BCUT2D eigenvalue weighted by atomic mass is 35.5. The van der Waals surface area contributed by atoms with Crippen molar-refractivity contribution in [3.8, 4) is 0 Å². The Morgan fingerprint density at radius 2 is 1.88 bits per heavy atom. The van der Waals surface area contributed by atoms with Crippen molar-refractivity contribution in [3.63, 3.8) is 0 Å². The Morgan fingerprint density at radius 1 is 1.15 bits per heavy atom. The minimum absolute atomic E-state index is 0. The summed E-state index contributed by atoms with van der Waals surface area (Å²) >= 11 is 12.4. The van der Waals surface area contributed by atoms with Crippen molar-refractivity contribution in [1.82, 2.24) is 10.6 Å². The molecule has 2 aromatic rings. The smallest absolute Gasteiger partial charge is 0.220 e. The number of carbonyl (C=O) groups excluding carboxylic acids is 1. The highest BCUT2D eigenvalue weighted by Gasteiger charge is 2.21. The maximum Gasteiger partial charge on any atom is 0.220 e. The second-order valence-electron chi connectivity index (χ2n) is 6.47. The third-order valence-electron chi connectivity index (χ3n) is 4.67. The fraction of sp³-hybridized carbons (Fsp3) is 0.350. The standard InChI is InChI=1S/C20H22Cl2N2O.ClH/c21-16-8-6-15(7-9-16)20(17-3-1-2-4-18(17)22)24-19(25)10-5-14-11-12-23-13-14;/h1-4,6-9,14,20,23H,5,10-13H2,(H,24,25);1H. The van der Waals surface area contributed by atoms with E-state index in [0.717, 1.165) is 37.1 Å². The van der Waals surface area contributed by atoms with E-state index in [1.807, 2.05) is 48.5 Å². The van der Waals surface area contributed by atoms with Crippen LogP contribution < -0.4 is 10.6 Å². The van der Waals surface area contributed by atoms with Gasteiger partial charge in [-0.2, -0.15) is 0 Å². The Balaban J connectivity index is 0.00000243. The van der Waals surface area contributed by atoms with Gasteiger partial charge < -0.3 is 10.6 Å².